The maximum atomic E-state index is 14.1. The zero-order chi connectivity index (χ0) is 25.0. The van der Waals surface area contributed by atoms with Gasteiger partial charge in [-0.15, -0.1) is 0 Å². The molecule has 0 amide bonds. The van der Waals surface area contributed by atoms with E-state index >= 15 is 0 Å². The van der Waals surface area contributed by atoms with Crippen molar-refractivity contribution in [3.8, 4) is 0 Å². The van der Waals surface area contributed by atoms with Gasteiger partial charge in [-0.05, 0) is 110 Å². The lowest BCUT2D eigenvalue weighted by Crippen LogP contribution is -2.59. The average molecular weight is 488 g/mol. The Labute approximate surface area is 211 Å². The number of nitrogens with two attached hydrogens (primary N) is 1. The molecule has 0 bridgehead atoms. The first kappa shape index (κ1) is 25.6. The summed E-state index contributed by atoms with van der Waals surface area (Å²) in [5, 5.41) is 10.5. The first-order valence-electron chi connectivity index (χ1n) is 14.5. The number of aliphatic hydroxyl groups is 1. The quantitative estimate of drug-likeness (QED) is 0.430. The second-order valence-corrected chi connectivity index (χ2v) is 13.4. The van der Waals surface area contributed by atoms with Gasteiger partial charge in [-0.25, -0.2) is 8.78 Å². The second kappa shape index (κ2) is 9.71. The van der Waals surface area contributed by atoms with Crippen molar-refractivity contribution in [2.45, 2.75) is 110 Å². The number of benzene rings is 1. The first-order chi connectivity index (χ1) is 16.7. The van der Waals surface area contributed by atoms with E-state index in [1.807, 2.05) is 0 Å². The lowest BCUT2D eigenvalue weighted by molar-refractivity contribution is -0.122. The Morgan fingerprint density at radius 3 is 2.43 bits per heavy atom. The van der Waals surface area contributed by atoms with Crippen molar-refractivity contribution in [1.29, 1.82) is 0 Å². The van der Waals surface area contributed by atoms with Crippen molar-refractivity contribution in [3.63, 3.8) is 0 Å². The third-order valence-electron chi connectivity index (χ3n) is 11.9. The third-order valence-corrected chi connectivity index (χ3v) is 11.9. The summed E-state index contributed by atoms with van der Waals surface area (Å²) in [6.45, 7) is 7.55. The monoisotopic (exact) mass is 487 g/mol. The number of fused-ring (bicyclic) bond motifs is 5. The number of aliphatic hydroxyl groups excluding tert-OH is 1. The summed E-state index contributed by atoms with van der Waals surface area (Å²) >= 11 is 0. The molecule has 2 unspecified atom stereocenters. The van der Waals surface area contributed by atoms with E-state index in [2.05, 4.69) is 20.8 Å². The molecule has 3 N–H and O–H groups in total. The minimum atomic E-state index is -1.07. The summed E-state index contributed by atoms with van der Waals surface area (Å²) in [7, 11) is 0. The Morgan fingerprint density at radius 1 is 0.971 bits per heavy atom. The van der Waals surface area contributed by atoms with E-state index in [9.17, 15) is 13.9 Å². The highest BCUT2D eigenvalue weighted by Crippen LogP contribution is 2.68. The fourth-order valence-corrected chi connectivity index (χ4v) is 10.1. The van der Waals surface area contributed by atoms with Crippen molar-refractivity contribution in [3.05, 3.63) is 35.4 Å². The molecule has 35 heavy (non-hydrogen) atoms. The normalized spacial score (nSPS) is 42.6. The van der Waals surface area contributed by atoms with Gasteiger partial charge in [-0.2, -0.15) is 0 Å². The van der Waals surface area contributed by atoms with Crippen LogP contribution in [0.5, 0.6) is 0 Å². The molecular formula is C31H47F2NO. The highest BCUT2D eigenvalue weighted by atomic mass is 19.1. The highest BCUT2D eigenvalue weighted by Gasteiger charge is 2.61. The van der Waals surface area contributed by atoms with Gasteiger partial charge < -0.3 is 10.8 Å². The zero-order valence-corrected chi connectivity index (χ0v) is 22.1. The summed E-state index contributed by atoms with van der Waals surface area (Å²) < 4.78 is 28.1. The van der Waals surface area contributed by atoms with Gasteiger partial charge in [-0.3, -0.25) is 0 Å². The number of hydrogen-bond donors (Lipinski definition) is 2. The fraction of sp³-hybridized carbons (Fsp3) is 0.806. The summed E-state index contributed by atoms with van der Waals surface area (Å²) in [6, 6.07) is 4.17. The van der Waals surface area contributed by atoms with Gasteiger partial charge in [0, 0.05) is 6.04 Å². The van der Waals surface area contributed by atoms with E-state index in [-0.39, 0.29) is 5.56 Å². The SMILES string of the molecule is C[C@H](CCCC(O)c1c(F)cccc1F)[C@H]1CC[C@H]2[C@@H]3C(N)C[C@H]4CCCC[C@]4(C)[C@H]3CC[C@]12C. The molecule has 0 aliphatic heterocycles. The summed E-state index contributed by atoms with van der Waals surface area (Å²) in [5.74, 6) is 2.99. The van der Waals surface area contributed by atoms with E-state index in [1.165, 1.54) is 76.0 Å². The van der Waals surface area contributed by atoms with Crippen molar-refractivity contribution in [2.24, 2.45) is 52.1 Å². The van der Waals surface area contributed by atoms with Crippen LogP contribution in [0.1, 0.15) is 109 Å². The molecule has 4 fully saturated rings. The Morgan fingerprint density at radius 2 is 1.69 bits per heavy atom. The van der Waals surface area contributed by atoms with E-state index < -0.39 is 17.7 Å². The van der Waals surface area contributed by atoms with Crippen molar-refractivity contribution in [1.82, 2.24) is 0 Å². The maximum Gasteiger partial charge on any atom is 0.131 e. The molecule has 0 saturated heterocycles. The number of rotatable bonds is 6. The average Bonchev–Trinajstić information content (AvgIpc) is 3.16. The van der Waals surface area contributed by atoms with Crippen LogP contribution < -0.4 is 5.73 Å². The fourth-order valence-electron chi connectivity index (χ4n) is 10.1. The highest BCUT2D eigenvalue weighted by molar-refractivity contribution is 5.22. The molecule has 0 radical (unpaired) electrons. The van der Waals surface area contributed by atoms with Crippen molar-refractivity contribution in [2.75, 3.05) is 0 Å². The van der Waals surface area contributed by atoms with Crippen LogP contribution in [0.25, 0.3) is 0 Å². The summed E-state index contributed by atoms with van der Waals surface area (Å²) in [6.07, 6.45) is 13.2. The van der Waals surface area contributed by atoms with Crippen molar-refractivity contribution >= 4 is 0 Å². The molecule has 196 valence electrons. The van der Waals surface area contributed by atoms with E-state index in [4.69, 9.17) is 5.73 Å². The smallest absolute Gasteiger partial charge is 0.131 e. The lowest BCUT2D eigenvalue weighted by atomic mass is 9.43. The second-order valence-electron chi connectivity index (χ2n) is 13.4. The van der Waals surface area contributed by atoms with E-state index in [0.29, 0.717) is 41.0 Å². The minimum Gasteiger partial charge on any atom is -0.388 e. The van der Waals surface area contributed by atoms with E-state index in [0.717, 1.165) is 30.6 Å². The summed E-state index contributed by atoms with van der Waals surface area (Å²) in [4.78, 5) is 0. The Hall–Kier alpha value is -1.00. The topological polar surface area (TPSA) is 46.2 Å². The van der Waals surface area contributed by atoms with Crippen LogP contribution in [0, 0.1) is 58.0 Å². The first-order valence-corrected chi connectivity index (χ1v) is 14.5. The molecule has 0 aromatic heterocycles. The molecule has 10 atom stereocenters. The van der Waals surface area contributed by atoms with Crippen LogP contribution in [0.4, 0.5) is 8.78 Å². The number of halogens is 2. The molecule has 0 heterocycles. The van der Waals surface area contributed by atoms with Gasteiger partial charge in [0.2, 0.25) is 0 Å². The Kier molecular flexibility index (Phi) is 7.11. The van der Waals surface area contributed by atoms with Gasteiger partial charge in [0.15, 0.2) is 0 Å². The molecule has 4 saturated carbocycles. The van der Waals surface area contributed by atoms with Crippen LogP contribution in [0.3, 0.4) is 0 Å². The predicted molar refractivity (Wildman–Crippen MR) is 138 cm³/mol. The maximum absolute atomic E-state index is 14.1. The van der Waals surface area contributed by atoms with Gasteiger partial charge in [0.1, 0.15) is 11.6 Å². The molecule has 5 rings (SSSR count). The van der Waals surface area contributed by atoms with Crippen LogP contribution in [-0.2, 0) is 0 Å². The lowest BCUT2D eigenvalue weighted by Gasteiger charge is -2.62. The molecule has 4 heteroatoms. The zero-order valence-electron chi connectivity index (χ0n) is 22.1. The van der Waals surface area contributed by atoms with Gasteiger partial charge in [-0.1, -0.05) is 52.5 Å². The standard InChI is InChI=1S/C31H47F2NO/c1-19(8-6-12-27(35)29-24(32)10-7-11-25(29)33)21-13-14-22-28-23(15-17-31(21,22)3)30(2)16-5-4-9-20(30)18-26(28)34/h7,10-11,19-23,26-28,35H,4-6,8-9,12-18,34H2,1-3H3/t19-,20-,21-,22+,23+,26?,27?,28+,30+,31-/m1/s1. The molecule has 2 nitrogen and oxygen atoms in total. The van der Waals surface area contributed by atoms with Gasteiger partial charge in [0.25, 0.3) is 0 Å². The predicted octanol–water partition coefficient (Wildman–Crippen LogP) is 7.79. The molecular weight excluding hydrogens is 440 g/mol. The Balaban J connectivity index is 1.24. The molecule has 1 aromatic rings. The van der Waals surface area contributed by atoms with Crippen LogP contribution in [-0.4, -0.2) is 11.1 Å². The third kappa shape index (κ3) is 4.29. The Bertz CT molecular complexity index is 886. The molecule has 4 aliphatic carbocycles. The summed E-state index contributed by atoms with van der Waals surface area (Å²) in [5.41, 5.74) is 7.68. The molecule has 0 spiro atoms. The molecule has 1 aromatic carbocycles. The van der Waals surface area contributed by atoms with Crippen LogP contribution in [0.2, 0.25) is 0 Å². The van der Waals surface area contributed by atoms with E-state index in [1.54, 1.807) is 0 Å². The minimum absolute atomic E-state index is 0.174. The van der Waals surface area contributed by atoms with Crippen molar-refractivity contribution < 1.29 is 13.9 Å². The van der Waals surface area contributed by atoms with Crippen LogP contribution in [0.15, 0.2) is 18.2 Å². The van der Waals surface area contributed by atoms with Gasteiger partial charge >= 0.3 is 0 Å². The number of hydrogen-bond acceptors (Lipinski definition) is 2. The van der Waals surface area contributed by atoms with Gasteiger partial charge in [0.05, 0.1) is 11.7 Å². The van der Waals surface area contributed by atoms with Crippen LogP contribution >= 0.6 is 0 Å². The molecule has 4 aliphatic rings. The largest absolute Gasteiger partial charge is 0.388 e.